The van der Waals surface area contributed by atoms with E-state index in [1.54, 1.807) is 36.6 Å². The lowest BCUT2D eigenvalue weighted by atomic mass is 9.81. The summed E-state index contributed by atoms with van der Waals surface area (Å²) in [6, 6.07) is 11.8. The smallest absolute Gasteiger partial charge is 0.407 e. The maximum absolute atomic E-state index is 15.4. The minimum atomic E-state index is -2.05. The number of benzene rings is 2. The van der Waals surface area contributed by atoms with Crippen molar-refractivity contribution < 1.29 is 49.9 Å². The van der Waals surface area contributed by atoms with Crippen molar-refractivity contribution in [3.8, 4) is 17.3 Å². The van der Waals surface area contributed by atoms with Crippen molar-refractivity contribution in [3.05, 3.63) is 75.6 Å². The molecule has 1 unspecified atom stereocenters. The lowest BCUT2D eigenvalue weighted by Crippen LogP contribution is -3.00. The Morgan fingerprint density at radius 3 is 2.52 bits per heavy atom. The van der Waals surface area contributed by atoms with Crippen LogP contribution < -0.4 is 17.7 Å². The van der Waals surface area contributed by atoms with Crippen LogP contribution in [0.15, 0.2) is 57.9 Å². The molecule has 1 aromatic heterocycles. The molecule has 52 heavy (non-hydrogen) atoms. The molecular formula is C36H44ClF2N7O5S. The zero-order chi connectivity index (χ0) is 37.2. The average molecular weight is 760 g/mol. The van der Waals surface area contributed by atoms with Gasteiger partial charge in [-0.15, -0.1) is 15.9 Å². The number of rotatable bonds is 16. The summed E-state index contributed by atoms with van der Waals surface area (Å²) in [4.78, 5) is 35.5. The van der Waals surface area contributed by atoms with Crippen molar-refractivity contribution in [3.63, 3.8) is 0 Å². The number of hydrogen-bond acceptors (Lipinski definition) is 11. The fourth-order valence-corrected chi connectivity index (χ4v) is 6.54. The van der Waals surface area contributed by atoms with Gasteiger partial charge in [-0.1, -0.05) is 31.1 Å². The van der Waals surface area contributed by atoms with Gasteiger partial charge in [-0.25, -0.2) is 18.6 Å². The van der Waals surface area contributed by atoms with Gasteiger partial charge in [0.05, 0.1) is 28.8 Å². The Labute approximate surface area is 312 Å². The first-order valence-electron chi connectivity index (χ1n) is 16.6. The predicted octanol–water partition coefficient (Wildman–Crippen LogP) is 2.54. The van der Waals surface area contributed by atoms with Gasteiger partial charge in [-0.05, 0) is 57.6 Å². The number of carbonyl (C=O) groups excluding carboxylic acids is 2. The molecule has 2 heterocycles. The SMILES string of the molecule is CCN(CCNC(=O)OCC[N+]1(C[C@](O)(c2cc(F)ccc2F)[C@@H](C)c2nc(-c3ccc(C#N)cc3)cs2)C=NC=N1)CCC(=O)OC(C)(C)C.[Cl-]. The van der Waals surface area contributed by atoms with Gasteiger partial charge in [-0.3, -0.25) is 4.79 Å². The molecule has 1 aliphatic heterocycles. The molecule has 0 aliphatic carbocycles. The summed E-state index contributed by atoms with van der Waals surface area (Å²) >= 11 is 1.25. The molecule has 0 radical (unpaired) electrons. The Hall–Kier alpha value is -4.33. The second kappa shape index (κ2) is 18.4. The van der Waals surface area contributed by atoms with E-state index in [0.29, 0.717) is 35.9 Å². The maximum atomic E-state index is 15.4. The Morgan fingerprint density at radius 2 is 1.88 bits per heavy atom. The van der Waals surface area contributed by atoms with Gasteiger partial charge in [0.2, 0.25) is 6.34 Å². The second-order valence-electron chi connectivity index (χ2n) is 13.2. The lowest BCUT2D eigenvalue weighted by Gasteiger charge is -2.38. The van der Waals surface area contributed by atoms with Gasteiger partial charge in [0.15, 0.2) is 11.9 Å². The normalized spacial score (nSPS) is 16.8. The molecule has 2 aromatic carbocycles. The van der Waals surface area contributed by atoms with Crippen molar-refractivity contribution in [2.75, 3.05) is 45.9 Å². The van der Waals surface area contributed by atoms with E-state index in [1.165, 1.54) is 24.0 Å². The molecule has 12 nitrogen and oxygen atoms in total. The number of aromatic nitrogens is 1. The number of aliphatic imine (C=N–C) groups is 1. The molecule has 0 bridgehead atoms. The number of thiazole rings is 1. The third kappa shape index (κ3) is 11.3. The van der Waals surface area contributed by atoms with Crippen LogP contribution in [0.3, 0.4) is 0 Å². The molecule has 0 fully saturated rings. The highest BCUT2D eigenvalue weighted by molar-refractivity contribution is 7.10. The Balaban J connectivity index is 0.00000729. The van der Waals surface area contributed by atoms with E-state index in [2.05, 4.69) is 21.5 Å². The van der Waals surface area contributed by atoms with E-state index in [4.69, 9.17) is 19.7 Å². The quantitative estimate of drug-likeness (QED) is 0.167. The third-order valence-corrected chi connectivity index (χ3v) is 9.39. The molecule has 3 aromatic rings. The van der Waals surface area contributed by atoms with E-state index < -0.39 is 34.8 Å². The van der Waals surface area contributed by atoms with Gasteiger partial charge in [-0.2, -0.15) is 10.3 Å². The second-order valence-corrected chi connectivity index (χ2v) is 14.1. The number of nitrogens with zero attached hydrogens (tertiary/aromatic N) is 6. The first-order chi connectivity index (χ1) is 24.2. The lowest BCUT2D eigenvalue weighted by molar-refractivity contribution is -0.848. The molecule has 0 saturated carbocycles. The van der Waals surface area contributed by atoms with Crippen molar-refractivity contribution in [1.29, 1.82) is 5.26 Å². The standard InChI is InChI=1S/C36H43F2N7O5S.ClH/c1-6-44(15-13-32(46)50-35(3,4)5)16-14-41-34(47)49-18-17-45(24-40-23-42-45)22-36(48,29-19-28(37)11-12-30(29)38)25(2)33-43-31(21-51-33)27-9-7-26(20-39)8-10-27;/h7-12,19,21,23-25,48H,6,13-18,22H2,1-5H3;1H/t25-,36+,45?;/m0./s1. The van der Waals surface area contributed by atoms with Crippen molar-refractivity contribution >= 4 is 36.1 Å². The summed E-state index contributed by atoms with van der Waals surface area (Å²) in [7, 11) is 0. The van der Waals surface area contributed by atoms with E-state index >= 15 is 4.39 Å². The van der Waals surface area contributed by atoms with Crippen LogP contribution in [0.5, 0.6) is 0 Å². The number of nitriles is 1. The minimum Gasteiger partial charge on any atom is -1.00 e. The number of halogens is 3. The summed E-state index contributed by atoms with van der Waals surface area (Å²) in [6.45, 7) is 10.6. The third-order valence-electron chi connectivity index (χ3n) is 8.37. The van der Waals surface area contributed by atoms with Crippen molar-refractivity contribution in [2.24, 2.45) is 10.1 Å². The van der Waals surface area contributed by atoms with Crippen LogP contribution in [-0.2, 0) is 19.9 Å². The average Bonchev–Trinajstić information content (AvgIpc) is 3.77. The number of likely N-dealkylation sites (N-methyl/N-ethyl adjacent to an activating group) is 1. The fourth-order valence-electron chi connectivity index (χ4n) is 5.57. The molecule has 2 N–H and O–H groups in total. The highest BCUT2D eigenvalue weighted by Crippen LogP contribution is 2.42. The monoisotopic (exact) mass is 759 g/mol. The van der Waals surface area contributed by atoms with Crippen LogP contribution in [0, 0.1) is 23.0 Å². The van der Waals surface area contributed by atoms with Gasteiger partial charge in [0.1, 0.15) is 36.9 Å². The first kappa shape index (κ1) is 42.1. The zero-order valence-electron chi connectivity index (χ0n) is 29.8. The molecule has 1 aliphatic rings. The molecule has 16 heteroatoms. The zero-order valence-corrected chi connectivity index (χ0v) is 31.4. The van der Waals surface area contributed by atoms with E-state index in [9.17, 15) is 19.1 Å². The number of carbonyl (C=O) groups is 2. The molecule has 280 valence electrons. The summed E-state index contributed by atoms with van der Waals surface area (Å²) < 4.78 is 40.4. The highest BCUT2D eigenvalue weighted by Gasteiger charge is 2.49. The Morgan fingerprint density at radius 1 is 1.15 bits per heavy atom. The molecule has 1 amide bonds. The number of quaternary nitrogens is 1. The minimum absolute atomic E-state index is 0. The van der Waals surface area contributed by atoms with Crippen LogP contribution in [0.4, 0.5) is 13.6 Å². The Kier molecular flexibility index (Phi) is 14.9. The molecule has 0 spiro atoms. The summed E-state index contributed by atoms with van der Waals surface area (Å²) in [6.07, 6.45) is 2.29. The number of amides is 1. The first-order valence-corrected chi connectivity index (χ1v) is 17.5. The van der Waals surface area contributed by atoms with E-state index in [-0.39, 0.29) is 61.2 Å². The van der Waals surface area contributed by atoms with Gasteiger partial charge in [0, 0.05) is 42.1 Å². The highest BCUT2D eigenvalue weighted by atomic mass is 35.5. The van der Waals surface area contributed by atoms with Crippen LogP contribution in [0.1, 0.15) is 63.1 Å². The topological polar surface area (TPSA) is 150 Å². The number of esters is 1. The largest absolute Gasteiger partial charge is 1.00 e. The van der Waals surface area contributed by atoms with Crippen LogP contribution in [-0.4, -0.2) is 95.8 Å². The van der Waals surface area contributed by atoms with Crippen molar-refractivity contribution in [2.45, 2.75) is 58.2 Å². The van der Waals surface area contributed by atoms with Gasteiger partial charge < -0.3 is 37.2 Å². The van der Waals surface area contributed by atoms with Crippen molar-refractivity contribution in [1.82, 2.24) is 15.2 Å². The van der Waals surface area contributed by atoms with E-state index in [0.717, 1.165) is 23.8 Å². The predicted molar refractivity (Wildman–Crippen MR) is 190 cm³/mol. The van der Waals surface area contributed by atoms with Crippen LogP contribution >= 0.6 is 11.3 Å². The molecule has 0 saturated heterocycles. The number of alkyl carbamates (subject to hydrolysis) is 1. The number of ether oxygens (including phenoxy) is 2. The Bertz CT molecular complexity index is 1770. The van der Waals surface area contributed by atoms with Gasteiger partial charge >= 0.3 is 12.1 Å². The number of aliphatic hydroxyl groups is 1. The number of nitrogens with one attached hydrogen (secondary N) is 1. The molecular weight excluding hydrogens is 716 g/mol. The van der Waals surface area contributed by atoms with Gasteiger partial charge in [0.25, 0.3) is 0 Å². The number of hydrogen-bond donors (Lipinski definition) is 2. The van der Waals surface area contributed by atoms with Crippen LogP contribution in [0.2, 0.25) is 0 Å². The summed E-state index contributed by atoms with van der Waals surface area (Å²) in [5.41, 5.74) is -1.03. The summed E-state index contributed by atoms with van der Waals surface area (Å²) in [5.74, 6) is -2.69. The molecule has 3 atom stereocenters. The fraction of sp³-hybridized carbons (Fsp3) is 0.444. The van der Waals surface area contributed by atoms with Crippen LogP contribution in [0.25, 0.3) is 11.3 Å². The molecule has 4 rings (SSSR count). The maximum Gasteiger partial charge on any atom is 0.407 e. The summed E-state index contributed by atoms with van der Waals surface area (Å²) in [5, 5.41) is 31.0. The van der Waals surface area contributed by atoms with E-state index in [1.807, 2.05) is 32.6 Å².